The minimum atomic E-state index is -0.369. The van der Waals surface area contributed by atoms with E-state index in [1.807, 2.05) is 26.0 Å². The molecule has 0 saturated heterocycles. The van der Waals surface area contributed by atoms with Crippen LogP contribution in [0.2, 0.25) is 0 Å². The molecule has 18 heavy (non-hydrogen) atoms. The van der Waals surface area contributed by atoms with E-state index in [-0.39, 0.29) is 23.9 Å². The van der Waals surface area contributed by atoms with Crippen molar-refractivity contribution in [3.05, 3.63) is 34.9 Å². The molecule has 1 aromatic carbocycles. The Labute approximate surface area is 115 Å². The molecule has 0 heterocycles. The molecule has 0 unspecified atom stereocenters. The van der Waals surface area contributed by atoms with E-state index in [0.29, 0.717) is 6.54 Å². The molecule has 0 radical (unpaired) electrons. The first-order valence-electron chi connectivity index (χ1n) is 6.15. The molecule has 1 amide bonds. The molecular weight excluding hydrogens is 248 g/mol. The molecule has 0 bridgehead atoms. The van der Waals surface area contributed by atoms with E-state index in [1.165, 1.54) is 17.5 Å². The van der Waals surface area contributed by atoms with Gasteiger partial charge in [0.25, 0.3) is 5.91 Å². The van der Waals surface area contributed by atoms with Crippen LogP contribution in [0.25, 0.3) is 0 Å². The topological polar surface area (TPSA) is 55.1 Å². The zero-order valence-electron chi connectivity index (χ0n) is 11.0. The summed E-state index contributed by atoms with van der Waals surface area (Å²) in [5.41, 5.74) is 8.93. The van der Waals surface area contributed by atoms with Gasteiger partial charge in [0, 0.05) is 17.6 Å². The Morgan fingerprint density at radius 2 is 2.00 bits per heavy atom. The Balaban J connectivity index is 0.00000162. The maximum atomic E-state index is 11.9. The highest BCUT2D eigenvalue weighted by Crippen LogP contribution is 2.22. The number of aryl methyl sites for hydroxylation is 2. The molecule has 3 N–H and O–H groups in total. The first-order chi connectivity index (χ1) is 7.96. The van der Waals surface area contributed by atoms with Crippen LogP contribution in [-0.2, 0) is 12.8 Å². The van der Waals surface area contributed by atoms with Crippen LogP contribution in [0.4, 0.5) is 0 Å². The second-order valence-electron chi connectivity index (χ2n) is 5.51. The van der Waals surface area contributed by atoms with E-state index in [1.54, 1.807) is 0 Å². The Bertz CT molecular complexity index is 438. The summed E-state index contributed by atoms with van der Waals surface area (Å²) in [7, 11) is 0. The lowest BCUT2D eigenvalue weighted by Crippen LogP contribution is -2.45. The van der Waals surface area contributed by atoms with Crippen LogP contribution in [0.3, 0.4) is 0 Å². The Morgan fingerprint density at radius 3 is 2.67 bits per heavy atom. The number of hydrogen-bond donors (Lipinski definition) is 2. The minimum Gasteiger partial charge on any atom is -0.350 e. The second-order valence-corrected chi connectivity index (χ2v) is 5.51. The number of rotatable bonds is 3. The van der Waals surface area contributed by atoms with Gasteiger partial charge in [-0.1, -0.05) is 6.07 Å². The molecule has 1 aliphatic carbocycles. The van der Waals surface area contributed by atoms with Gasteiger partial charge in [-0.05, 0) is 56.4 Å². The fourth-order valence-electron chi connectivity index (χ4n) is 2.12. The monoisotopic (exact) mass is 268 g/mol. The predicted octanol–water partition coefficient (Wildman–Crippen LogP) is 2.06. The van der Waals surface area contributed by atoms with Crippen molar-refractivity contribution in [1.82, 2.24) is 5.32 Å². The second kappa shape index (κ2) is 5.72. The highest BCUT2D eigenvalue weighted by atomic mass is 35.5. The molecule has 0 atom stereocenters. The zero-order chi connectivity index (χ0) is 12.5. The third-order valence-electron chi connectivity index (χ3n) is 3.07. The quantitative estimate of drug-likeness (QED) is 0.882. The molecule has 0 aliphatic heterocycles. The van der Waals surface area contributed by atoms with Gasteiger partial charge in [0.1, 0.15) is 0 Å². The summed E-state index contributed by atoms with van der Waals surface area (Å²) in [6, 6.07) is 6.00. The molecule has 2 rings (SSSR count). The number of hydrogen-bond acceptors (Lipinski definition) is 2. The molecule has 0 fully saturated rings. The molecule has 0 aromatic heterocycles. The number of halogens is 1. The molecular formula is C14H21ClN2O. The van der Waals surface area contributed by atoms with Gasteiger partial charge in [0.2, 0.25) is 0 Å². The van der Waals surface area contributed by atoms with E-state index in [2.05, 4.69) is 11.4 Å². The third-order valence-corrected chi connectivity index (χ3v) is 3.07. The minimum absolute atomic E-state index is 0. The smallest absolute Gasteiger partial charge is 0.251 e. The zero-order valence-corrected chi connectivity index (χ0v) is 11.8. The molecule has 1 aromatic rings. The van der Waals surface area contributed by atoms with Crippen LogP contribution in [0, 0.1) is 0 Å². The van der Waals surface area contributed by atoms with Gasteiger partial charge in [-0.2, -0.15) is 0 Å². The number of carbonyl (C=O) groups is 1. The summed E-state index contributed by atoms with van der Waals surface area (Å²) in [6.07, 6.45) is 3.45. The average molecular weight is 269 g/mol. The van der Waals surface area contributed by atoms with Crippen molar-refractivity contribution in [2.75, 3.05) is 6.54 Å². The number of carbonyl (C=O) groups excluding carboxylic acids is 1. The summed E-state index contributed by atoms with van der Waals surface area (Å²) in [5, 5.41) is 2.87. The van der Waals surface area contributed by atoms with Crippen molar-refractivity contribution in [1.29, 1.82) is 0 Å². The highest BCUT2D eigenvalue weighted by molar-refractivity contribution is 5.94. The fourth-order valence-corrected chi connectivity index (χ4v) is 2.12. The number of fused-ring (bicyclic) bond motifs is 1. The summed E-state index contributed by atoms with van der Waals surface area (Å²) < 4.78 is 0. The third kappa shape index (κ3) is 3.72. The van der Waals surface area contributed by atoms with Gasteiger partial charge in [0.15, 0.2) is 0 Å². The van der Waals surface area contributed by atoms with Gasteiger partial charge < -0.3 is 11.1 Å². The SMILES string of the molecule is CC(C)(N)CNC(=O)c1ccc2c(c1)CCC2.Cl. The van der Waals surface area contributed by atoms with Crippen molar-refractivity contribution in [3.8, 4) is 0 Å². The van der Waals surface area contributed by atoms with Crippen molar-refractivity contribution >= 4 is 18.3 Å². The van der Waals surface area contributed by atoms with Crippen molar-refractivity contribution < 1.29 is 4.79 Å². The van der Waals surface area contributed by atoms with Gasteiger partial charge >= 0.3 is 0 Å². The van der Waals surface area contributed by atoms with Gasteiger partial charge in [-0.3, -0.25) is 4.79 Å². The van der Waals surface area contributed by atoms with Crippen LogP contribution >= 0.6 is 12.4 Å². The predicted molar refractivity (Wildman–Crippen MR) is 76.3 cm³/mol. The number of nitrogens with one attached hydrogen (secondary N) is 1. The Kier molecular flexibility index (Phi) is 4.77. The van der Waals surface area contributed by atoms with E-state index in [9.17, 15) is 4.79 Å². The van der Waals surface area contributed by atoms with E-state index in [4.69, 9.17) is 5.73 Å². The Hall–Kier alpha value is -1.06. The molecule has 4 heteroatoms. The van der Waals surface area contributed by atoms with Crippen molar-refractivity contribution in [2.24, 2.45) is 5.73 Å². The fraction of sp³-hybridized carbons (Fsp3) is 0.500. The lowest BCUT2D eigenvalue weighted by atomic mass is 10.0. The van der Waals surface area contributed by atoms with E-state index < -0.39 is 0 Å². The summed E-state index contributed by atoms with van der Waals surface area (Å²) in [5.74, 6) is -0.0294. The van der Waals surface area contributed by atoms with Crippen molar-refractivity contribution in [3.63, 3.8) is 0 Å². The first kappa shape index (κ1) is 15.0. The molecule has 3 nitrogen and oxygen atoms in total. The lowest BCUT2D eigenvalue weighted by Gasteiger charge is -2.19. The maximum Gasteiger partial charge on any atom is 0.251 e. The van der Waals surface area contributed by atoms with E-state index in [0.717, 1.165) is 18.4 Å². The average Bonchev–Trinajstić information content (AvgIpc) is 2.71. The van der Waals surface area contributed by atoms with Gasteiger partial charge in [0.05, 0.1) is 0 Å². The van der Waals surface area contributed by atoms with Crippen LogP contribution in [0.1, 0.15) is 41.8 Å². The standard InChI is InChI=1S/C14H20N2O.ClH/c1-14(2,15)9-16-13(17)12-7-6-10-4-3-5-11(10)8-12;/h6-8H,3-5,9,15H2,1-2H3,(H,16,17);1H. The van der Waals surface area contributed by atoms with Crippen LogP contribution in [0.15, 0.2) is 18.2 Å². The normalized spacial score (nSPS) is 13.7. The van der Waals surface area contributed by atoms with Crippen LogP contribution < -0.4 is 11.1 Å². The summed E-state index contributed by atoms with van der Waals surface area (Å²) in [6.45, 7) is 4.29. The molecule has 0 spiro atoms. The Morgan fingerprint density at radius 1 is 1.33 bits per heavy atom. The first-order valence-corrected chi connectivity index (χ1v) is 6.15. The largest absolute Gasteiger partial charge is 0.350 e. The summed E-state index contributed by atoms with van der Waals surface area (Å²) in [4.78, 5) is 11.9. The lowest BCUT2D eigenvalue weighted by molar-refractivity contribution is 0.0946. The summed E-state index contributed by atoms with van der Waals surface area (Å²) >= 11 is 0. The number of amides is 1. The van der Waals surface area contributed by atoms with Crippen LogP contribution in [0.5, 0.6) is 0 Å². The number of benzene rings is 1. The van der Waals surface area contributed by atoms with Crippen LogP contribution in [-0.4, -0.2) is 18.0 Å². The maximum absolute atomic E-state index is 11.9. The molecule has 0 saturated carbocycles. The highest BCUT2D eigenvalue weighted by Gasteiger charge is 2.16. The number of nitrogens with two attached hydrogens (primary N) is 1. The molecule has 100 valence electrons. The van der Waals surface area contributed by atoms with E-state index >= 15 is 0 Å². The van der Waals surface area contributed by atoms with Gasteiger partial charge in [-0.15, -0.1) is 12.4 Å². The van der Waals surface area contributed by atoms with Gasteiger partial charge in [-0.25, -0.2) is 0 Å². The van der Waals surface area contributed by atoms with Crippen molar-refractivity contribution in [2.45, 2.75) is 38.6 Å². The molecule has 1 aliphatic rings.